The molecule has 7 nitrogen and oxygen atoms in total. The van der Waals surface area contributed by atoms with Crippen molar-refractivity contribution in [1.29, 1.82) is 0 Å². The number of rotatable bonds is 9. The summed E-state index contributed by atoms with van der Waals surface area (Å²) in [5.41, 5.74) is -1.44. The van der Waals surface area contributed by atoms with Gasteiger partial charge in [0.1, 0.15) is 11.6 Å². The Bertz CT molecular complexity index is 1460. The van der Waals surface area contributed by atoms with Crippen LogP contribution >= 0.6 is 0 Å². The van der Waals surface area contributed by atoms with Crippen molar-refractivity contribution in [2.75, 3.05) is 6.54 Å². The van der Waals surface area contributed by atoms with E-state index in [2.05, 4.69) is 5.32 Å². The summed E-state index contributed by atoms with van der Waals surface area (Å²) in [6.07, 6.45) is -4.63. The Morgan fingerprint density at radius 3 is 2.27 bits per heavy atom. The van der Waals surface area contributed by atoms with Gasteiger partial charge in [-0.05, 0) is 55.7 Å². The van der Waals surface area contributed by atoms with Gasteiger partial charge in [-0.3, -0.25) is 23.5 Å². The molecule has 1 atom stereocenters. The summed E-state index contributed by atoms with van der Waals surface area (Å²) in [7, 11) is 0. The molecular weight excluding hydrogens is 494 g/mol. The van der Waals surface area contributed by atoms with E-state index in [1.165, 1.54) is 4.57 Å². The first-order chi connectivity index (χ1) is 17.4. The summed E-state index contributed by atoms with van der Waals surface area (Å²) in [6, 6.07) is 6.60. The Balaban J connectivity index is 1.65. The quantitative estimate of drug-likeness (QED) is 0.432. The van der Waals surface area contributed by atoms with E-state index < -0.39 is 40.3 Å². The lowest BCUT2D eigenvalue weighted by molar-refractivity contribution is -0.137. The van der Waals surface area contributed by atoms with E-state index in [4.69, 9.17) is 0 Å². The molecule has 0 saturated carbocycles. The van der Waals surface area contributed by atoms with Crippen molar-refractivity contribution in [2.24, 2.45) is 5.92 Å². The molecule has 3 aromatic rings. The van der Waals surface area contributed by atoms with Crippen LogP contribution in [0.25, 0.3) is 10.9 Å². The number of halogens is 4. The van der Waals surface area contributed by atoms with E-state index in [-0.39, 0.29) is 43.7 Å². The molecule has 11 heteroatoms. The summed E-state index contributed by atoms with van der Waals surface area (Å²) in [5.74, 6) is -2.67. The van der Waals surface area contributed by atoms with Crippen LogP contribution in [0.2, 0.25) is 0 Å². The fourth-order valence-corrected chi connectivity index (χ4v) is 4.16. The molecule has 0 aliphatic rings. The number of nitrogens with one attached hydrogen (secondary N) is 1. The highest BCUT2D eigenvalue weighted by Gasteiger charge is 2.31. The molecule has 0 saturated heterocycles. The average Bonchev–Trinajstić information content (AvgIpc) is 2.82. The average molecular weight is 522 g/mol. The number of hydrogen-bond acceptors (Lipinski definition) is 4. The van der Waals surface area contributed by atoms with Crippen molar-refractivity contribution in [2.45, 2.75) is 52.9 Å². The SMILES string of the molecule is CCn1c(=O)c2cc(CC(=O)CC(C)CNC(=O)c3ccc(C(F)(F)F)cc3F)ccc2n(CC)c1=O. The van der Waals surface area contributed by atoms with Crippen molar-refractivity contribution in [3.63, 3.8) is 0 Å². The van der Waals surface area contributed by atoms with Gasteiger partial charge >= 0.3 is 11.9 Å². The number of amides is 1. The molecule has 2 aromatic carbocycles. The van der Waals surface area contributed by atoms with Gasteiger partial charge in [-0.2, -0.15) is 13.2 Å². The zero-order valence-corrected chi connectivity index (χ0v) is 20.6. The maximum Gasteiger partial charge on any atom is 0.416 e. The second kappa shape index (κ2) is 11.1. The Morgan fingerprint density at radius 1 is 1.00 bits per heavy atom. The third-order valence-corrected chi connectivity index (χ3v) is 6.05. The summed E-state index contributed by atoms with van der Waals surface area (Å²) in [6.45, 7) is 5.81. The lowest BCUT2D eigenvalue weighted by Gasteiger charge is -2.14. The fraction of sp³-hybridized carbons (Fsp3) is 0.385. The highest BCUT2D eigenvalue weighted by molar-refractivity contribution is 5.94. The standard InChI is InChI=1S/C26H27F4N3O4/c1-4-32-22-9-6-16(12-20(22)24(36)33(5-2)25(32)37)11-18(34)10-15(3)14-31-23(35)19-8-7-17(13-21(19)27)26(28,29)30/h6-9,12-13,15H,4-5,10-11,14H2,1-3H3,(H,31,35). The Hall–Kier alpha value is -3.76. The molecule has 3 rings (SSSR count). The molecule has 198 valence electrons. The van der Waals surface area contributed by atoms with Crippen LogP contribution < -0.4 is 16.6 Å². The van der Waals surface area contributed by atoms with E-state index in [0.29, 0.717) is 29.1 Å². The normalized spacial score (nSPS) is 12.5. The molecule has 1 N–H and O–H groups in total. The zero-order valence-electron chi connectivity index (χ0n) is 20.6. The van der Waals surface area contributed by atoms with Crippen LogP contribution in [0.15, 0.2) is 46.0 Å². The van der Waals surface area contributed by atoms with Crippen LogP contribution in [0.3, 0.4) is 0 Å². The van der Waals surface area contributed by atoms with Gasteiger partial charge in [-0.25, -0.2) is 9.18 Å². The van der Waals surface area contributed by atoms with Gasteiger partial charge in [0, 0.05) is 32.5 Å². The van der Waals surface area contributed by atoms with Crippen LogP contribution in [0.4, 0.5) is 17.6 Å². The Morgan fingerprint density at radius 2 is 1.68 bits per heavy atom. The minimum Gasteiger partial charge on any atom is -0.352 e. The number of nitrogens with zero attached hydrogens (tertiary/aromatic N) is 2. The molecule has 1 aromatic heterocycles. The number of aromatic nitrogens is 2. The number of alkyl halides is 3. The van der Waals surface area contributed by atoms with Gasteiger partial charge < -0.3 is 5.32 Å². The number of benzene rings is 2. The number of fused-ring (bicyclic) bond motifs is 1. The first-order valence-electron chi connectivity index (χ1n) is 11.8. The number of ketones is 1. The topological polar surface area (TPSA) is 90.2 Å². The third-order valence-electron chi connectivity index (χ3n) is 6.05. The molecule has 1 heterocycles. The minimum atomic E-state index is -4.72. The predicted octanol–water partition coefficient (Wildman–Crippen LogP) is 3.93. The maximum absolute atomic E-state index is 14.0. The molecule has 37 heavy (non-hydrogen) atoms. The second-order valence-electron chi connectivity index (χ2n) is 8.85. The molecule has 0 fully saturated rings. The fourth-order valence-electron chi connectivity index (χ4n) is 4.16. The Labute approximate surface area is 209 Å². The van der Waals surface area contributed by atoms with E-state index in [1.807, 2.05) is 0 Å². The molecule has 0 aliphatic carbocycles. The number of aryl methyl sites for hydroxylation is 1. The largest absolute Gasteiger partial charge is 0.416 e. The molecule has 1 unspecified atom stereocenters. The minimum absolute atomic E-state index is 0.00669. The van der Waals surface area contributed by atoms with Crippen molar-refractivity contribution in [1.82, 2.24) is 14.5 Å². The van der Waals surface area contributed by atoms with E-state index >= 15 is 0 Å². The zero-order chi connectivity index (χ0) is 27.5. The predicted molar refractivity (Wildman–Crippen MR) is 130 cm³/mol. The molecule has 1 amide bonds. The number of carbonyl (C=O) groups is 2. The Kier molecular flexibility index (Phi) is 8.35. The van der Waals surface area contributed by atoms with E-state index in [0.717, 1.165) is 10.6 Å². The summed E-state index contributed by atoms with van der Waals surface area (Å²) in [4.78, 5) is 50.1. The second-order valence-corrected chi connectivity index (χ2v) is 8.85. The van der Waals surface area contributed by atoms with Gasteiger partial charge in [-0.1, -0.05) is 13.0 Å². The van der Waals surface area contributed by atoms with Crippen LogP contribution in [0.1, 0.15) is 48.7 Å². The van der Waals surface area contributed by atoms with Crippen molar-refractivity contribution in [3.05, 3.63) is 79.7 Å². The highest BCUT2D eigenvalue weighted by Crippen LogP contribution is 2.30. The summed E-state index contributed by atoms with van der Waals surface area (Å²) >= 11 is 0. The lowest BCUT2D eigenvalue weighted by Crippen LogP contribution is -2.39. The van der Waals surface area contributed by atoms with Gasteiger partial charge in [0.25, 0.3) is 11.5 Å². The highest BCUT2D eigenvalue weighted by atomic mass is 19.4. The monoisotopic (exact) mass is 521 g/mol. The third kappa shape index (κ3) is 6.15. The van der Waals surface area contributed by atoms with Gasteiger partial charge in [0.2, 0.25) is 0 Å². The number of Topliss-reactive ketones (excluding diaryl/α,β-unsaturated/α-hetero) is 1. The lowest BCUT2D eigenvalue weighted by atomic mass is 9.98. The first-order valence-corrected chi connectivity index (χ1v) is 11.8. The molecule has 0 spiro atoms. The molecule has 0 bridgehead atoms. The van der Waals surface area contributed by atoms with E-state index in [9.17, 15) is 36.7 Å². The van der Waals surface area contributed by atoms with Crippen LogP contribution in [0.5, 0.6) is 0 Å². The summed E-state index contributed by atoms with van der Waals surface area (Å²) in [5, 5.41) is 2.78. The van der Waals surface area contributed by atoms with Gasteiger partial charge in [0.05, 0.1) is 22.0 Å². The maximum atomic E-state index is 14.0. The molecule has 0 aliphatic heterocycles. The van der Waals surface area contributed by atoms with Crippen LogP contribution in [-0.4, -0.2) is 27.4 Å². The van der Waals surface area contributed by atoms with Crippen molar-refractivity contribution >= 4 is 22.6 Å². The number of carbonyl (C=O) groups excluding carboxylic acids is 2. The van der Waals surface area contributed by atoms with Crippen LogP contribution in [0, 0.1) is 11.7 Å². The number of hydrogen-bond donors (Lipinski definition) is 1. The first kappa shape index (κ1) is 27.8. The van der Waals surface area contributed by atoms with Gasteiger partial charge in [-0.15, -0.1) is 0 Å². The van der Waals surface area contributed by atoms with E-state index in [1.54, 1.807) is 39.0 Å². The smallest absolute Gasteiger partial charge is 0.352 e. The van der Waals surface area contributed by atoms with Crippen molar-refractivity contribution in [3.8, 4) is 0 Å². The summed E-state index contributed by atoms with van der Waals surface area (Å²) < 4.78 is 54.7. The molecule has 0 radical (unpaired) electrons. The van der Waals surface area contributed by atoms with Gasteiger partial charge in [0.15, 0.2) is 0 Å². The van der Waals surface area contributed by atoms with Crippen LogP contribution in [-0.2, 0) is 30.5 Å². The molecular formula is C26H27F4N3O4. The van der Waals surface area contributed by atoms with Crippen molar-refractivity contribution < 1.29 is 27.2 Å².